The second kappa shape index (κ2) is 9.33. The number of anilines is 1. The quantitative estimate of drug-likeness (QED) is 0.291. The first-order valence-corrected chi connectivity index (χ1v) is 11.9. The van der Waals surface area contributed by atoms with Crippen molar-refractivity contribution in [3.05, 3.63) is 70.1 Å². The van der Waals surface area contributed by atoms with Crippen molar-refractivity contribution in [3.63, 3.8) is 0 Å². The number of likely N-dealkylation sites (N-methyl/N-ethyl adjacent to an activating group) is 1. The highest BCUT2D eigenvalue weighted by Crippen LogP contribution is 2.43. The van der Waals surface area contributed by atoms with Crippen LogP contribution in [0, 0.1) is 0 Å². The zero-order chi connectivity index (χ0) is 22.0. The van der Waals surface area contributed by atoms with Crippen molar-refractivity contribution in [2.45, 2.75) is 39.5 Å². The number of aromatic nitrogens is 3. The lowest BCUT2D eigenvalue weighted by Crippen LogP contribution is -2.22. The van der Waals surface area contributed by atoms with Gasteiger partial charge in [0.1, 0.15) is 10.6 Å². The Balaban J connectivity index is 1.79. The Labute approximate surface area is 193 Å². The molecule has 0 atom stereocenters. The van der Waals surface area contributed by atoms with E-state index < -0.39 is 0 Å². The van der Waals surface area contributed by atoms with Gasteiger partial charge < -0.3 is 4.90 Å². The highest BCUT2D eigenvalue weighted by molar-refractivity contribution is 7.19. The monoisotopic (exact) mass is 450 g/mol. The predicted molar refractivity (Wildman–Crippen MR) is 133 cm³/mol. The molecule has 0 radical (unpaired) electrons. The largest absolute Gasteiger partial charge is 0.359 e. The molecule has 0 fully saturated rings. The average molecular weight is 451 g/mol. The number of benzene rings is 1. The summed E-state index contributed by atoms with van der Waals surface area (Å²) in [6.07, 6.45) is 5.52. The van der Waals surface area contributed by atoms with Gasteiger partial charge in [0.15, 0.2) is 0 Å². The lowest BCUT2D eigenvalue weighted by molar-refractivity contribution is 0.861. The molecule has 0 saturated heterocycles. The number of hydrogen-bond donors (Lipinski definition) is 0. The summed E-state index contributed by atoms with van der Waals surface area (Å²) in [7, 11) is 2.08. The van der Waals surface area contributed by atoms with Crippen LogP contribution in [0.5, 0.6) is 0 Å². The zero-order valence-corrected chi connectivity index (χ0v) is 20.0. The van der Waals surface area contributed by atoms with E-state index in [4.69, 9.17) is 11.6 Å². The lowest BCUT2D eigenvalue weighted by Gasteiger charge is -2.20. The van der Waals surface area contributed by atoms with Crippen LogP contribution in [0.3, 0.4) is 0 Å². The minimum atomic E-state index is 0.295. The molecule has 0 aliphatic heterocycles. The topological polar surface area (TPSA) is 41.9 Å². The van der Waals surface area contributed by atoms with Gasteiger partial charge in [-0.05, 0) is 59.2 Å². The van der Waals surface area contributed by atoms with Crippen molar-refractivity contribution in [2.75, 3.05) is 18.5 Å². The van der Waals surface area contributed by atoms with Gasteiger partial charge in [-0.3, -0.25) is 4.98 Å². The SMILES string of the molecule is CCc1sc2nc(Cl)nc(N(C)CCc3ccncc3)c2c1-c1ccc(C(C)C)cc1. The maximum Gasteiger partial charge on any atom is 0.225 e. The van der Waals surface area contributed by atoms with Gasteiger partial charge in [-0.2, -0.15) is 4.98 Å². The zero-order valence-electron chi connectivity index (χ0n) is 18.4. The number of nitrogens with zero attached hydrogens (tertiary/aromatic N) is 4. The second-order valence-corrected chi connectivity index (χ2v) is 9.48. The Morgan fingerprint density at radius 3 is 2.39 bits per heavy atom. The molecule has 3 heterocycles. The summed E-state index contributed by atoms with van der Waals surface area (Å²) in [5, 5.41) is 1.39. The Morgan fingerprint density at radius 2 is 1.74 bits per heavy atom. The third-order valence-corrected chi connectivity index (χ3v) is 7.01. The molecule has 0 saturated carbocycles. The maximum atomic E-state index is 6.34. The van der Waals surface area contributed by atoms with E-state index in [2.05, 4.69) is 84.1 Å². The second-order valence-electron chi connectivity index (χ2n) is 8.05. The molecule has 31 heavy (non-hydrogen) atoms. The highest BCUT2D eigenvalue weighted by Gasteiger charge is 2.21. The van der Waals surface area contributed by atoms with Crippen LogP contribution in [0.25, 0.3) is 21.3 Å². The molecule has 0 aliphatic rings. The first kappa shape index (κ1) is 21.7. The van der Waals surface area contributed by atoms with Crippen LogP contribution < -0.4 is 4.90 Å². The van der Waals surface area contributed by atoms with Gasteiger partial charge in [-0.25, -0.2) is 4.98 Å². The molecule has 1 aromatic carbocycles. The predicted octanol–water partition coefficient (Wildman–Crippen LogP) is 6.77. The summed E-state index contributed by atoms with van der Waals surface area (Å²) < 4.78 is 0. The molecule has 0 spiro atoms. The molecule has 4 rings (SSSR count). The molecule has 0 aliphatic carbocycles. The number of thiophene rings is 1. The number of pyridine rings is 1. The van der Waals surface area contributed by atoms with E-state index >= 15 is 0 Å². The Kier molecular flexibility index (Phi) is 6.54. The normalized spacial score (nSPS) is 11.4. The van der Waals surface area contributed by atoms with Crippen molar-refractivity contribution in [3.8, 4) is 11.1 Å². The fourth-order valence-electron chi connectivity index (χ4n) is 3.82. The molecule has 0 N–H and O–H groups in total. The Bertz CT molecular complexity index is 1170. The van der Waals surface area contributed by atoms with Gasteiger partial charge in [0.05, 0.1) is 5.39 Å². The standard InChI is InChI=1S/C25H27ClN4S/c1-5-20-21(19-8-6-18(7-9-19)16(2)3)22-23(28-25(26)29-24(22)31-20)30(4)15-12-17-10-13-27-14-11-17/h6-11,13-14,16H,5,12,15H2,1-4H3. The minimum absolute atomic E-state index is 0.295. The third-order valence-electron chi connectivity index (χ3n) is 5.61. The number of halogens is 1. The van der Waals surface area contributed by atoms with E-state index in [1.807, 2.05) is 12.4 Å². The minimum Gasteiger partial charge on any atom is -0.359 e. The van der Waals surface area contributed by atoms with Crippen molar-refractivity contribution in [1.29, 1.82) is 0 Å². The van der Waals surface area contributed by atoms with E-state index in [0.29, 0.717) is 11.2 Å². The van der Waals surface area contributed by atoms with E-state index in [1.165, 1.54) is 27.1 Å². The number of hydrogen-bond acceptors (Lipinski definition) is 5. The Hall–Kier alpha value is -2.50. The van der Waals surface area contributed by atoms with Crippen LogP contribution >= 0.6 is 22.9 Å². The molecule has 160 valence electrons. The molecule has 0 amide bonds. The number of fused-ring (bicyclic) bond motifs is 1. The van der Waals surface area contributed by atoms with Crippen LogP contribution in [0.4, 0.5) is 5.82 Å². The van der Waals surface area contributed by atoms with Crippen molar-refractivity contribution >= 4 is 39.0 Å². The Morgan fingerprint density at radius 1 is 1.03 bits per heavy atom. The average Bonchev–Trinajstić information content (AvgIpc) is 3.16. The highest BCUT2D eigenvalue weighted by atomic mass is 35.5. The van der Waals surface area contributed by atoms with Crippen LogP contribution in [0.1, 0.15) is 42.7 Å². The molecular formula is C25H27ClN4S. The van der Waals surface area contributed by atoms with Gasteiger partial charge in [-0.15, -0.1) is 11.3 Å². The van der Waals surface area contributed by atoms with Crippen LogP contribution in [0.2, 0.25) is 5.28 Å². The van der Waals surface area contributed by atoms with Crippen molar-refractivity contribution < 1.29 is 0 Å². The van der Waals surface area contributed by atoms with Crippen LogP contribution in [-0.4, -0.2) is 28.5 Å². The van der Waals surface area contributed by atoms with Gasteiger partial charge in [0, 0.05) is 36.4 Å². The molecule has 0 unspecified atom stereocenters. The van der Waals surface area contributed by atoms with E-state index in [-0.39, 0.29) is 0 Å². The maximum absolute atomic E-state index is 6.34. The molecular weight excluding hydrogens is 424 g/mol. The summed E-state index contributed by atoms with van der Waals surface area (Å²) in [5.41, 5.74) is 5.04. The number of aryl methyl sites for hydroxylation is 1. The summed E-state index contributed by atoms with van der Waals surface area (Å²) >= 11 is 8.06. The molecule has 0 bridgehead atoms. The smallest absolute Gasteiger partial charge is 0.225 e. The van der Waals surface area contributed by atoms with Gasteiger partial charge >= 0.3 is 0 Å². The molecule has 6 heteroatoms. The van der Waals surface area contributed by atoms with Crippen LogP contribution in [-0.2, 0) is 12.8 Å². The van der Waals surface area contributed by atoms with Crippen LogP contribution in [0.15, 0.2) is 48.8 Å². The fourth-order valence-corrected chi connectivity index (χ4v) is 5.16. The lowest BCUT2D eigenvalue weighted by atomic mass is 9.97. The molecule has 4 nitrogen and oxygen atoms in total. The summed E-state index contributed by atoms with van der Waals surface area (Å²) in [5.74, 6) is 1.40. The summed E-state index contributed by atoms with van der Waals surface area (Å²) in [4.78, 5) is 17.8. The fraction of sp³-hybridized carbons (Fsp3) is 0.320. The molecule has 4 aromatic rings. The van der Waals surface area contributed by atoms with E-state index in [1.54, 1.807) is 11.3 Å². The van der Waals surface area contributed by atoms with Gasteiger partial charge in [0.2, 0.25) is 5.28 Å². The summed E-state index contributed by atoms with van der Waals surface area (Å²) in [6.45, 7) is 7.46. The first-order valence-electron chi connectivity index (χ1n) is 10.7. The van der Waals surface area contributed by atoms with E-state index in [9.17, 15) is 0 Å². The van der Waals surface area contributed by atoms with Crippen molar-refractivity contribution in [2.24, 2.45) is 0 Å². The summed E-state index contributed by atoms with van der Waals surface area (Å²) in [6, 6.07) is 13.0. The first-order chi connectivity index (χ1) is 15.0. The van der Waals surface area contributed by atoms with Crippen molar-refractivity contribution in [1.82, 2.24) is 15.0 Å². The van der Waals surface area contributed by atoms with Gasteiger partial charge in [0.25, 0.3) is 0 Å². The van der Waals surface area contributed by atoms with E-state index in [0.717, 1.165) is 35.4 Å². The third kappa shape index (κ3) is 4.58. The van der Waals surface area contributed by atoms with Gasteiger partial charge in [-0.1, -0.05) is 45.0 Å². The number of rotatable bonds is 7. The molecule has 3 aromatic heterocycles.